The molecule has 0 unspecified atom stereocenters. The SMILES string of the molecule is CN(C(=O)C1CCOCC1)c1ccc(N)cn1. The van der Waals surface area contributed by atoms with Crippen LogP contribution in [0.1, 0.15) is 12.8 Å². The molecule has 2 N–H and O–H groups in total. The highest BCUT2D eigenvalue weighted by Crippen LogP contribution is 2.20. The third-order valence-corrected chi connectivity index (χ3v) is 3.02. The Bertz CT molecular complexity index is 385. The van der Waals surface area contributed by atoms with Crippen molar-refractivity contribution in [2.45, 2.75) is 12.8 Å². The number of pyridine rings is 1. The first-order valence-corrected chi connectivity index (χ1v) is 5.75. The minimum absolute atomic E-state index is 0.0492. The Hall–Kier alpha value is -1.62. The molecule has 5 heteroatoms. The molecular weight excluding hydrogens is 218 g/mol. The molecule has 1 saturated heterocycles. The van der Waals surface area contributed by atoms with Gasteiger partial charge in [0.25, 0.3) is 0 Å². The zero-order valence-corrected chi connectivity index (χ0v) is 9.93. The van der Waals surface area contributed by atoms with Gasteiger partial charge in [-0.2, -0.15) is 0 Å². The van der Waals surface area contributed by atoms with Gasteiger partial charge in [-0.1, -0.05) is 0 Å². The summed E-state index contributed by atoms with van der Waals surface area (Å²) in [4.78, 5) is 17.9. The van der Waals surface area contributed by atoms with Gasteiger partial charge in [0.1, 0.15) is 5.82 Å². The Morgan fingerprint density at radius 2 is 2.18 bits per heavy atom. The zero-order chi connectivity index (χ0) is 12.3. The van der Waals surface area contributed by atoms with Crippen LogP contribution in [-0.2, 0) is 9.53 Å². The van der Waals surface area contributed by atoms with Crippen molar-refractivity contribution in [3.05, 3.63) is 18.3 Å². The topological polar surface area (TPSA) is 68.5 Å². The van der Waals surface area contributed by atoms with Crippen LogP contribution in [0.2, 0.25) is 0 Å². The number of rotatable bonds is 2. The molecule has 2 heterocycles. The van der Waals surface area contributed by atoms with Gasteiger partial charge in [-0.15, -0.1) is 0 Å². The molecule has 1 aliphatic rings. The largest absolute Gasteiger partial charge is 0.397 e. The molecule has 1 fully saturated rings. The smallest absolute Gasteiger partial charge is 0.231 e. The van der Waals surface area contributed by atoms with Crippen LogP contribution < -0.4 is 10.6 Å². The first-order chi connectivity index (χ1) is 8.18. The second kappa shape index (κ2) is 5.14. The van der Waals surface area contributed by atoms with Crippen molar-refractivity contribution in [3.8, 4) is 0 Å². The van der Waals surface area contributed by atoms with E-state index in [-0.39, 0.29) is 11.8 Å². The summed E-state index contributed by atoms with van der Waals surface area (Å²) in [6, 6.07) is 3.50. The number of carbonyl (C=O) groups is 1. The average Bonchev–Trinajstić information content (AvgIpc) is 2.39. The van der Waals surface area contributed by atoms with Crippen molar-refractivity contribution < 1.29 is 9.53 Å². The fraction of sp³-hybridized carbons (Fsp3) is 0.500. The minimum atomic E-state index is 0.0492. The lowest BCUT2D eigenvalue weighted by Gasteiger charge is -2.25. The maximum absolute atomic E-state index is 12.2. The average molecular weight is 235 g/mol. The molecule has 0 radical (unpaired) electrons. The van der Waals surface area contributed by atoms with Crippen molar-refractivity contribution in [2.75, 3.05) is 30.9 Å². The van der Waals surface area contributed by atoms with Crippen LogP contribution >= 0.6 is 0 Å². The Morgan fingerprint density at radius 3 is 2.76 bits per heavy atom. The van der Waals surface area contributed by atoms with E-state index >= 15 is 0 Å². The zero-order valence-electron chi connectivity index (χ0n) is 9.93. The monoisotopic (exact) mass is 235 g/mol. The summed E-state index contributed by atoms with van der Waals surface area (Å²) in [6.45, 7) is 1.33. The molecule has 92 valence electrons. The molecule has 1 aromatic rings. The molecule has 5 nitrogen and oxygen atoms in total. The summed E-state index contributed by atoms with van der Waals surface area (Å²) in [5.74, 6) is 0.786. The van der Waals surface area contributed by atoms with Crippen molar-refractivity contribution in [3.63, 3.8) is 0 Å². The lowest BCUT2D eigenvalue weighted by atomic mass is 9.99. The molecule has 0 spiro atoms. The standard InChI is InChI=1S/C12H17N3O2/c1-15(11-3-2-10(13)8-14-11)12(16)9-4-6-17-7-5-9/h2-3,8-9H,4-7,13H2,1H3. The van der Waals surface area contributed by atoms with Crippen LogP contribution in [0.4, 0.5) is 11.5 Å². The van der Waals surface area contributed by atoms with Crippen LogP contribution in [0.5, 0.6) is 0 Å². The number of carbonyl (C=O) groups excluding carboxylic acids is 1. The predicted molar refractivity (Wildman–Crippen MR) is 65.6 cm³/mol. The summed E-state index contributed by atoms with van der Waals surface area (Å²) >= 11 is 0. The van der Waals surface area contributed by atoms with Crippen LogP contribution in [0.15, 0.2) is 18.3 Å². The van der Waals surface area contributed by atoms with Crippen molar-refractivity contribution in [2.24, 2.45) is 5.92 Å². The second-order valence-electron chi connectivity index (χ2n) is 4.23. The van der Waals surface area contributed by atoms with Crippen LogP contribution in [0.3, 0.4) is 0 Å². The molecule has 1 amide bonds. The number of nitrogens with zero attached hydrogens (tertiary/aromatic N) is 2. The summed E-state index contributed by atoms with van der Waals surface area (Å²) in [5, 5.41) is 0. The number of aromatic nitrogens is 1. The van der Waals surface area contributed by atoms with Gasteiger partial charge in [-0.25, -0.2) is 4.98 Å². The first kappa shape index (κ1) is 11.9. The summed E-state index contributed by atoms with van der Waals surface area (Å²) in [5.41, 5.74) is 6.16. The number of nitrogens with two attached hydrogens (primary N) is 1. The highest BCUT2D eigenvalue weighted by molar-refractivity contribution is 5.93. The molecule has 0 atom stereocenters. The van der Waals surface area contributed by atoms with Gasteiger partial charge in [-0.05, 0) is 25.0 Å². The first-order valence-electron chi connectivity index (χ1n) is 5.75. The van der Waals surface area contributed by atoms with E-state index in [1.54, 1.807) is 30.3 Å². The Morgan fingerprint density at radius 1 is 1.47 bits per heavy atom. The number of ether oxygens (including phenoxy) is 1. The highest BCUT2D eigenvalue weighted by atomic mass is 16.5. The molecule has 0 aliphatic carbocycles. The van der Waals surface area contributed by atoms with Gasteiger partial charge in [0.05, 0.1) is 11.9 Å². The van der Waals surface area contributed by atoms with Gasteiger partial charge in [0, 0.05) is 26.2 Å². The van der Waals surface area contributed by atoms with Crippen LogP contribution in [-0.4, -0.2) is 31.2 Å². The lowest BCUT2D eigenvalue weighted by molar-refractivity contribution is -0.124. The minimum Gasteiger partial charge on any atom is -0.397 e. The number of amides is 1. The number of hydrogen-bond donors (Lipinski definition) is 1. The summed E-state index contributed by atoms with van der Waals surface area (Å²) < 4.78 is 5.25. The molecule has 0 saturated carbocycles. The van der Waals surface area contributed by atoms with Gasteiger partial charge in [0.15, 0.2) is 0 Å². The Labute approximate surface area is 101 Å². The van der Waals surface area contributed by atoms with Crippen molar-refractivity contribution in [1.82, 2.24) is 4.98 Å². The Balaban J connectivity index is 2.05. The quantitative estimate of drug-likeness (QED) is 0.832. The van der Waals surface area contributed by atoms with Crippen LogP contribution in [0.25, 0.3) is 0 Å². The van der Waals surface area contributed by atoms with Gasteiger partial charge in [0.2, 0.25) is 5.91 Å². The molecule has 17 heavy (non-hydrogen) atoms. The van der Waals surface area contributed by atoms with Gasteiger partial charge in [-0.3, -0.25) is 9.69 Å². The van der Waals surface area contributed by atoms with Crippen molar-refractivity contribution in [1.29, 1.82) is 0 Å². The molecule has 2 rings (SSSR count). The molecule has 0 aromatic carbocycles. The van der Waals surface area contributed by atoms with E-state index in [0.29, 0.717) is 24.7 Å². The maximum atomic E-state index is 12.2. The van der Waals surface area contributed by atoms with E-state index in [2.05, 4.69) is 4.98 Å². The highest BCUT2D eigenvalue weighted by Gasteiger charge is 2.25. The second-order valence-corrected chi connectivity index (χ2v) is 4.23. The lowest BCUT2D eigenvalue weighted by Crippen LogP contribution is -2.36. The Kier molecular flexibility index (Phi) is 3.58. The van der Waals surface area contributed by atoms with Gasteiger partial charge >= 0.3 is 0 Å². The molecule has 0 bridgehead atoms. The van der Waals surface area contributed by atoms with Crippen LogP contribution in [0, 0.1) is 5.92 Å². The molecule has 1 aliphatic heterocycles. The van der Waals surface area contributed by atoms with Gasteiger partial charge < -0.3 is 10.5 Å². The van der Waals surface area contributed by atoms with E-state index in [1.165, 1.54) is 0 Å². The third kappa shape index (κ3) is 2.74. The summed E-state index contributed by atoms with van der Waals surface area (Å²) in [7, 11) is 1.75. The van der Waals surface area contributed by atoms with Crippen molar-refractivity contribution >= 4 is 17.4 Å². The number of anilines is 2. The predicted octanol–water partition coefficient (Wildman–Crippen LogP) is 1.05. The fourth-order valence-corrected chi connectivity index (χ4v) is 1.93. The maximum Gasteiger partial charge on any atom is 0.231 e. The number of hydrogen-bond acceptors (Lipinski definition) is 4. The van der Waals surface area contributed by atoms with E-state index in [9.17, 15) is 4.79 Å². The van der Waals surface area contributed by atoms with E-state index in [1.807, 2.05) is 0 Å². The normalized spacial score (nSPS) is 16.8. The fourth-order valence-electron chi connectivity index (χ4n) is 1.93. The number of nitrogen functional groups attached to an aromatic ring is 1. The third-order valence-electron chi connectivity index (χ3n) is 3.02. The summed E-state index contributed by atoms with van der Waals surface area (Å²) in [6.07, 6.45) is 3.14. The van der Waals surface area contributed by atoms with E-state index in [0.717, 1.165) is 12.8 Å². The van der Waals surface area contributed by atoms with E-state index in [4.69, 9.17) is 10.5 Å². The molecule has 1 aromatic heterocycles. The van der Waals surface area contributed by atoms with E-state index < -0.39 is 0 Å². The molecular formula is C12H17N3O2.